The molecule has 0 aliphatic carbocycles. The summed E-state index contributed by atoms with van der Waals surface area (Å²) in [6.45, 7) is 2.37. The van der Waals surface area contributed by atoms with Gasteiger partial charge in [-0.25, -0.2) is 0 Å². The molecule has 0 radical (unpaired) electrons. The van der Waals surface area contributed by atoms with Crippen molar-refractivity contribution < 1.29 is 4.79 Å². The Kier molecular flexibility index (Phi) is 7.09. The van der Waals surface area contributed by atoms with Gasteiger partial charge in [0.25, 0.3) is 0 Å². The highest BCUT2D eigenvalue weighted by molar-refractivity contribution is 8.00. The van der Waals surface area contributed by atoms with Gasteiger partial charge < -0.3 is 5.32 Å². The Morgan fingerprint density at radius 2 is 1.74 bits per heavy atom. The molecule has 0 unspecified atom stereocenters. The van der Waals surface area contributed by atoms with E-state index in [1.807, 2.05) is 37.3 Å². The van der Waals surface area contributed by atoms with Crippen LogP contribution in [0.1, 0.15) is 18.9 Å². The molecule has 0 saturated heterocycles. The summed E-state index contributed by atoms with van der Waals surface area (Å²) in [7, 11) is 0. The first-order valence-electron chi connectivity index (χ1n) is 7.13. The van der Waals surface area contributed by atoms with Crippen LogP contribution in [-0.2, 0) is 11.3 Å². The number of halogens is 3. The molecule has 0 heterocycles. The van der Waals surface area contributed by atoms with Crippen molar-refractivity contribution in [1.82, 2.24) is 5.32 Å². The minimum Gasteiger partial charge on any atom is -0.351 e. The molecule has 0 spiro atoms. The number of carbonyl (C=O) groups excluding carboxylic acids is 1. The van der Waals surface area contributed by atoms with E-state index in [9.17, 15) is 4.79 Å². The fourth-order valence-electron chi connectivity index (χ4n) is 1.96. The predicted octanol–water partition coefficient (Wildman–Crippen LogP) is 5.83. The van der Waals surface area contributed by atoms with Gasteiger partial charge >= 0.3 is 0 Å². The first-order valence-corrected chi connectivity index (χ1v) is 9.14. The van der Waals surface area contributed by atoms with Gasteiger partial charge in [-0.15, -0.1) is 11.8 Å². The monoisotopic (exact) mass is 387 g/mol. The summed E-state index contributed by atoms with van der Waals surface area (Å²) >= 11 is 19.4. The summed E-state index contributed by atoms with van der Waals surface area (Å²) < 4.78 is 0. The minimum atomic E-state index is -0.165. The molecule has 0 aliphatic heterocycles. The van der Waals surface area contributed by atoms with E-state index in [-0.39, 0.29) is 11.2 Å². The molecular formula is C17H16Cl3NOS. The number of benzene rings is 2. The van der Waals surface area contributed by atoms with Crippen LogP contribution in [0.15, 0.2) is 47.4 Å². The third-order valence-electron chi connectivity index (χ3n) is 3.22. The highest BCUT2D eigenvalue weighted by Gasteiger charge is 2.18. The molecule has 1 N–H and O–H groups in total. The van der Waals surface area contributed by atoms with Crippen molar-refractivity contribution in [2.24, 2.45) is 0 Å². The molecule has 0 fully saturated rings. The second-order valence-electron chi connectivity index (χ2n) is 4.92. The van der Waals surface area contributed by atoms with Crippen molar-refractivity contribution in [3.05, 3.63) is 63.1 Å². The van der Waals surface area contributed by atoms with Crippen LogP contribution in [0.2, 0.25) is 15.1 Å². The summed E-state index contributed by atoms with van der Waals surface area (Å²) in [6.07, 6.45) is 0.730. The number of amides is 1. The Bertz CT molecular complexity index is 676. The Morgan fingerprint density at radius 3 is 2.35 bits per heavy atom. The normalized spacial score (nSPS) is 12.0. The van der Waals surface area contributed by atoms with E-state index in [2.05, 4.69) is 5.32 Å². The number of nitrogens with one attached hydrogen (secondary N) is 1. The zero-order valence-electron chi connectivity index (χ0n) is 12.5. The van der Waals surface area contributed by atoms with Gasteiger partial charge in [-0.3, -0.25) is 4.79 Å². The number of hydrogen-bond acceptors (Lipinski definition) is 2. The summed E-state index contributed by atoms with van der Waals surface area (Å²) in [5.74, 6) is -0.0153. The molecule has 1 amide bonds. The molecule has 0 saturated carbocycles. The van der Waals surface area contributed by atoms with E-state index in [0.29, 0.717) is 21.6 Å². The molecule has 23 heavy (non-hydrogen) atoms. The lowest BCUT2D eigenvalue weighted by Gasteiger charge is -2.15. The van der Waals surface area contributed by atoms with Gasteiger partial charge in [0.05, 0.1) is 5.25 Å². The molecule has 0 bridgehead atoms. The fraction of sp³-hybridized carbons (Fsp3) is 0.235. The molecule has 2 aromatic rings. The van der Waals surface area contributed by atoms with E-state index in [4.69, 9.17) is 34.8 Å². The van der Waals surface area contributed by atoms with Crippen LogP contribution in [0, 0.1) is 0 Å². The molecule has 0 aromatic heterocycles. The summed E-state index contributed by atoms with van der Waals surface area (Å²) in [4.78, 5) is 13.4. The van der Waals surface area contributed by atoms with Crippen LogP contribution in [0.25, 0.3) is 0 Å². The van der Waals surface area contributed by atoms with Crippen molar-refractivity contribution in [3.8, 4) is 0 Å². The van der Waals surface area contributed by atoms with Crippen LogP contribution >= 0.6 is 46.6 Å². The van der Waals surface area contributed by atoms with Crippen LogP contribution in [-0.4, -0.2) is 11.2 Å². The number of carbonyl (C=O) groups is 1. The van der Waals surface area contributed by atoms with Gasteiger partial charge in [-0.2, -0.15) is 0 Å². The van der Waals surface area contributed by atoms with E-state index in [0.717, 1.165) is 16.9 Å². The summed E-state index contributed by atoms with van der Waals surface area (Å²) in [5.41, 5.74) is 0.843. The Hall–Kier alpha value is -0.870. The highest BCUT2D eigenvalue weighted by atomic mass is 35.5. The Balaban J connectivity index is 1.95. The van der Waals surface area contributed by atoms with Gasteiger partial charge in [0.1, 0.15) is 0 Å². The maximum Gasteiger partial charge on any atom is 0.233 e. The van der Waals surface area contributed by atoms with Gasteiger partial charge in [0.15, 0.2) is 0 Å². The first kappa shape index (κ1) is 18.5. The topological polar surface area (TPSA) is 29.1 Å². The average molecular weight is 389 g/mol. The number of rotatable bonds is 6. The predicted molar refractivity (Wildman–Crippen MR) is 99.7 cm³/mol. The van der Waals surface area contributed by atoms with Crippen molar-refractivity contribution >= 4 is 52.5 Å². The molecule has 6 heteroatoms. The van der Waals surface area contributed by atoms with Crippen LogP contribution < -0.4 is 5.32 Å². The lowest BCUT2D eigenvalue weighted by Crippen LogP contribution is -2.31. The third-order valence-corrected chi connectivity index (χ3v) is 5.44. The SMILES string of the molecule is CC[C@H](Sc1ccc(Cl)cc1)C(=O)NCc1ccc(Cl)cc1Cl. The van der Waals surface area contributed by atoms with Gasteiger partial charge in [0.2, 0.25) is 5.91 Å². The molecule has 2 aromatic carbocycles. The smallest absolute Gasteiger partial charge is 0.233 e. The van der Waals surface area contributed by atoms with Gasteiger partial charge in [0, 0.05) is 26.5 Å². The lowest BCUT2D eigenvalue weighted by atomic mass is 10.2. The lowest BCUT2D eigenvalue weighted by molar-refractivity contribution is -0.120. The second-order valence-corrected chi connectivity index (χ2v) is 7.48. The average Bonchev–Trinajstić information content (AvgIpc) is 2.53. The fourth-order valence-corrected chi connectivity index (χ4v) is 3.54. The van der Waals surface area contributed by atoms with Crippen molar-refractivity contribution in [2.75, 3.05) is 0 Å². The van der Waals surface area contributed by atoms with Crippen molar-refractivity contribution in [1.29, 1.82) is 0 Å². The zero-order valence-corrected chi connectivity index (χ0v) is 15.6. The summed E-state index contributed by atoms with van der Waals surface area (Å²) in [6, 6.07) is 12.7. The maximum atomic E-state index is 12.4. The number of hydrogen-bond donors (Lipinski definition) is 1. The van der Waals surface area contributed by atoms with Crippen molar-refractivity contribution in [3.63, 3.8) is 0 Å². The Morgan fingerprint density at radius 1 is 1.09 bits per heavy atom. The van der Waals surface area contributed by atoms with E-state index < -0.39 is 0 Å². The zero-order chi connectivity index (χ0) is 16.8. The van der Waals surface area contributed by atoms with Crippen LogP contribution in [0.3, 0.4) is 0 Å². The molecule has 2 nitrogen and oxygen atoms in total. The standard InChI is InChI=1S/C17H16Cl3NOS/c1-2-16(23-14-7-5-12(18)6-8-14)17(22)21-10-11-3-4-13(19)9-15(11)20/h3-9,16H,2,10H2,1H3,(H,21,22)/t16-/m0/s1. The quantitative estimate of drug-likeness (QED) is 0.630. The van der Waals surface area contributed by atoms with E-state index in [1.165, 1.54) is 11.8 Å². The second kappa shape index (κ2) is 8.84. The molecular weight excluding hydrogens is 373 g/mol. The van der Waals surface area contributed by atoms with E-state index in [1.54, 1.807) is 12.1 Å². The maximum absolute atomic E-state index is 12.4. The third kappa shape index (κ3) is 5.61. The van der Waals surface area contributed by atoms with Gasteiger partial charge in [-0.1, -0.05) is 47.8 Å². The minimum absolute atomic E-state index is 0.0153. The first-order chi connectivity index (χ1) is 11.0. The van der Waals surface area contributed by atoms with Gasteiger partial charge in [-0.05, 0) is 48.4 Å². The largest absolute Gasteiger partial charge is 0.351 e. The van der Waals surface area contributed by atoms with Crippen LogP contribution in [0.4, 0.5) is 0 Å². The molecule has 2 rings (SSSR count). The van der Waals surface area contributed by atoms with Crippen LogP contribution in [0.5, 0.6) is 0 Å². The highest BCUT2D eigenvalue weighted by Crippen LogP contribution is 2.27. The number of thioether (sulfide) groups is 1. The molecule has 122 valence electrons. The molecule has 0 aliphatic rings. The molecule has 1 atom stereocenters. The Labute approximate surface area is 155 Å². The van der Waals surface area contributed by atoms with Crippen molar-refractivity contribution in [2.45, 2.75) is 30.0 Å². The summed E-state index contributed by atoms with van der Waals surface area (Å²) in [5, 5.41) is 4.58. The van der Waals surface area contributed by atoms with E-state index >= 15 is 0 Å².